The smallest absolute Gasteiger partial charge is 0.276 e. The topological polar surface area (TPSA) is 133 Å². The van der Waals surface area contributed by atoms with Crippen molar-refractivity contribution >= 4 is 46.0 Å². The molecule has 2 aromatic heterocycles. The van der Waals surface area contributed by atoms with Crippen LogP contribution in [0.5, 0.6) is 0 Å². The number of thiophene rings is 1. The normalized spacial score (nSPS) is 20.7. The zero-order valence-electron chi connectivity index (χ0n) is 16.8. The maximum Gasteiger partial charge on any atom is 0.276 e. The molecule has 0 aliphatic carbocycles. The molecular weight excluding hydrogens is 422 g/mol. The van der Waals surface area contributed by atoms with Crippen LogP contribution >= 0.6 is 11.3 Å². The number of imide groups is 1. The van der Waals surface area contributed by atoms with Crippen molar-refractivity contribution in [3.63, 3.8) is 0 Å². The Hall–Kier alpha value is -3.05. The van der Waals surface area contributed by atoms with Crippen molar-refractivity contribution in [2.75, 3.05) is 13.2 Å². The Morgan fingerprint density at radius 1 is 1.19 bits per heavy atom. The molecule has 1 saturated heterocycles. The number of H-pyrrole nitrogens is 1. The fraction of sp³-hybridized carbons (Fsp3) is 0.450. The standard InChI is InChI=1S/C20H23N5O5S/c26-14(5-2-1-3-9-25-15(27)6-7-16(25)28)23-24-19(29)20(8-4-10-30-20)18-17-13(11-31-18)21-12-22-17/h6-7,11-12H,1-5,8-10H2,(H,21,22)(H,23,26)(H,24,29). The van der Waals surface area contributed by atoms with Gasteiger partial charge in [-0.2, -0.15) is 0 Å². The number of nitrogens with one attached hydrogen (secondary N) is 3. The maximum absolute atomic E-state index is 13.0. The fourth-order valence-corrected chi connectivity index (χ4v) is 4.94. The van der Waals surface area contributed by atoms with Crippen LogP contribution in [0.1, 0.15) is 43.4 Å². The van der Waals surface area contributed by atoms with Crippen molar-refractivity contribution in [3.05, 3.63) is 28.7 Å². The zero-order valence-corrected chi connectivity index (χ0v) is 17.6. The lowest BCUT2D eigenvalue weighted by Gasteiger charge is -2.26. The van der Waals surface area contributed by atoms with Crippen LogP contribution in [0.25, 0.3) is 11.0 Å². The van der Waals surface area contributed by atoms with Gasteiger partial charge >= 0.3 is 0 Å². The Balaban J connectivity index is 1.23. The summed E-state index contributed by atoms with van der Waals surface area (Å²) < 4.78 is 5.86. The summed E-state index contributed by atoms with van der Waals surface area (Å²) >= 11 is 1.41. The van der Waals surface area contributed by atoms with Gasteiger partial charge in [0.2, 0.25) is 5.91 Å². The van der Waals surface area contributed by atoms with E-state index in [1.807, 2.05) is 5.38 Å². The van der Waals surface area contributed by atoms with Crippen LogP contribution in [0.15, 0.2) is 23.9 Å². The molecule has 164 valence electrons. The highest BCUT2D eigenvalue weighted by atomic mass is 32.1. The molecule has 31 heavy (non-hydrogen) atoms. The van der Waals surface area contributed by atoms with Crippen molar-refractivity contribution in [2.24, 2.45) is 0 Å². The SMILES string of the molecule is O=C(CCCCCN1C(=O)C=CC1=O)NNC(=O)C1(c2scc3[nH]cnc23)CCCO1. The van der Waals surface area contributed by atoms with Crippen molar-refractivity contribution in [1.29, 1.82) is 0 Å². The van der Waals surface area contributed by atoms with E-state index in [0.717, 1.165) is 16.8 Å². The second-order valence-electron chi connectivity index (χ2n) is 7.48. The summed E-state index contributed by atoms with van der Waals surface area (Å²) in [5, 5.41) is 1.90. The number of rotatable bonds is 8. The Labute approximate surface area is 182 Å². The van der Waals surface area contributed by atoms with Gasteiger partial charge in [-0.3, -0.25) is 34.9 Å². The van der Waals surface area contributed by atoms with E-state index in [4.69, 9.17) is 4.74 Å². The third-order valence-electron chi connectivity index (χ3n) is 5.44. The molecule has 0 saturated carbocycles. The molecule has 3 N–H and O–H groups in total. The van der Waals surface area contributed by atoms with Gasteiger partial charge in [0, 0.05) is 37.1 Å². The van der Waals surface area contributed by atoms with Crippen LogP contribution in [0.3, 0.4) is 0 Å². The Kier molecular flexibility index (Phi) is 6.14. The highest BCUT2D eigenvalue weighted by molar-refractivity contribution is 7.11. The number of hydrogen-bond acceptors (Lipinski definition) is 7. The molecule has 11 heteroatoms. The first kappa shape index (κ1) is 21.2. The summed E-state index contributed by atoms with van der Waals surface area (Å²) in [6, 6.07) is 0. The van der Waals surface area contributed by atoms with E-state index in [1.165, 1.54) is 28.4 Å². The summed E-state index contributed by atoms with van der Waals surface area (Å²) in [5.41, 5.74) is 5.37. The number of nitrogens with zero attached hydrogens (tertiary/aromatic N) is 2. The van der Waals surface area contributed by atoms with Crippen LogP contribution in [-0.2, 0) is 29.5 Å². The fourth-order valence-electron chi connectivity index (χ4n) is 3.81. The molecule has 0 spiro atoms. The molecule has 2 aliphatic rings. The van der Waals surface area contributed by atoms with Crippen LogP contribution < -0.4 is 10.9 Å². The van der Waals surface area contributed by atoms with E-state index in [9.17, 15) is 19.2 Å². The van der Waals surface area contributed by atoms with Gasteiger partial charge in [-0.15, -0.1) is 11.3 Å². The molecule has 1 atom stereocenters. The molecule has 4 heterocycles. The highest BCUT2D eigenvalue weighted by Crippen LogP contribution is 2.42. The van der Waals surface area contributed by atoms with Crippen LogP contribution in [0, 0.1) is 0 Å². The van der Waals surface area contributed by atoms with Gasteiger partial charge < -0.3 is 9.72 Å². The maximum atomic E-state index is 13.0. The van der Waals surface area contributed by atoms with Crippen LogP contribution in [0.2, 0.25) is 0 Å². The minimum absolute atomic E-state index is 0.219. The summed E-state index contributed by atoms with van der Waals surface area (Å²) in [6.45, 7) is 0.800. The number of aromatic amines is 1. The number of ether oxygens (including phenoxy) is 1. The number of carbonyl (C=O) groups is 4. The number of aromatic nitrogens is 2. The van der Waals surface area contributed by atoms with E-state index < -0.39 is 11.5 Å². The number of hydrazine groups is 1. The van der Waals surface area contributed by atoms with Crippen molar-refractivity contribution in [1.82, 2.24) is 25.7 Å². The third-order valence-corrected chi connectivity index (χ3v) is 6.55. The second-order valence-corrected chi connectivity index (χ2v) is 8.36. The Morgan fingerprint density at radius 3 is 2.74 bits per heavy atom. The monoisotopic (exact) mass is 445 g/mol. The molecule has 4 amide bonds. The first-order valence-corrected chi connectivity index (χ1v) is 11.1. The summed E-state index contributed by atoms with van der Waals surface area (Å²) in [7, 11) is 0. The van der Waals surface area contributed by atoms with E-state index in [0.29, 0.717) is 44.4 Å². The zero-order chi connectivity index (χ0) is 21.8. The minimum atomic E-state index is -1.16. The Morgan fingerprint density at radius 2 is 2.00 bits per heavy atom. The van der Waals surface area contributed by atoms with E-state index in [1.54, 1.807) is 6.33 Å². The first-order valence-electron chi connectivity index (χ1n) is 10.2. The van der Waals surface area contributed by atoms with Gasteiger partial charge in [-0.25, -0.2) is 4.98 Å². The van der Waals surface area contributed by atoms with Crippen LogP contribution in [-0.4, -0.2) is 51.6 Å². The molecular formula is C20H23N5O5S. The molecule has 1 fully saturated rings. The molecule has 0 bridgehead atoms. The molecule has 0 aromatic carbocycles. The third kappa shape index (κ3) is 4.23. The van der Waals surface area contributed by atoms with E-state index in [2.05, 4.69) is 20.8 Å². The number of imidazole rings is 1. The molecule has 0 radical (unpaired) electrons. The molecule has 4 rings (SSSR count). The number of hydrogen-bond donors (Lipinski definition) is 3. The lowest BCUT2D eigenvalue weighted by molar-refractivity contribution is -0.145. The van der Waals surface area contributed by atoms with Gasteiger partial charge in [-0.05, 0) is 25.7 Å². The Bertz CT molecular complexity index is 1020. The molecule has 2 aromatic rings. The number of carbonyl (C=O) groups excluding carboxylic acids is 4. The molecule has 2 aliphatic heterocycles. The summed E-state index contributed by atoms with van der Waals surface area (Å²) in [5.74, 6) is -1.33. The molecule has 10 nitrogen and oxygen atoms in total. The van der Waals surface area contributed by atoms with Crippen LogP contribution in [0.4, 0.5) is 0 Å². The number of amides is 4. The first-order chi connectivity index (χ1) is 15.0. The predicted molar refractivity (Wildman–Crippen MR) is 111 cm³/mol. The predicted octanol–water partition coefficient (Wildman–Crippen LogP) is 1.26. The van der Waals surface area contributed by atoms with Gasteiger partial charge in [0.1, 0.15) is 5.52 Å². The van der Waals surface area contributed by atoms with Gasteiger partial charge in [-0.1, -0.05) is 6.42 Å². The quantitative estimate of drug-likeness (QED) is 0.318. The largest absolute Gasteiger partial charge is 0.359 e. The lowest BCUT2D eigenvalue weighted by atomic mass is 9.96. The van der Waals surface area contributed by atoms with Gasteiger partial charge in [0.25, 0.3) is 17.7 Å². The van der Waals surface area contributed by atoms with Crippen molar-refractivity contribution in [3.8, 4) is 0 Å². The molecule has 1 unspecified atom stereocenters. The van der Waals surface area contributed by atoms with Gasteiger partial charge in [0.05, 0.1) is 16.7 Å². The number of unbranched alkanes of at least 4 members (excludes halogenated alkanes) is 2. The lowest BCUT2D eigenvalue weighted by Crippen LogP contribution is -2.51. The van der Waals surface area contributed by atoms with Gasteiger partial charge in [0.15, 0.2) is 5.60 Å². The van der Waals surface area contributed by atoms with E-state index in [-0.39, 0.29) is 24.1 Å². The number of fused-ring (bicyclic) bond motifs is 1. The second kappa shape index (κ2) is 8.98. The highest BCUT2D eigenvalue weighted by Gasteiger charge is 2.47. The minimum Gasteiger partial charge on any atom is -0.359 e. The summed E-state index contributed by atoms with van der Waals surface area (Å²) in [4.78, 5) is 57.3. The average Bonchev–Trinajstić information content (AvgIpc) is 3.53. The van der Waals surface area contributed by atoms with E-state index >= 15 is 0 Å². The summed E-state index contributed by atoms with van der Waals surface area (Å²) in [6.07, 6.45) is 7.44. The van der Waals surface area contributed by atoms with Crippen molar-refractivity contribution < 1.29 is 23.9 Å². The van der Waals surface area contributed by atoms with Crippen molar-refractivity contribution in [2.45, 2.75) is 44.1 Å². The average molecular weight is 446 g/mol.